The van der Waals surface area contributed by atoms with Gasteiger partial charge in [-0.15, -0.1) is 0 Å². The Bertz CT molecular complexity index is 661. The number of benzene rings is 1. The van der Waals surface area contributed by atoms with E-state index >= 15 is 0 Å². The summed E-state index contributed by atoms with van der Waals surface area (Å²) in [7, 11) is 0. The van der Waals surface area contributed by atoms with Crippen LogP contribution in [-0.4, -0.2) is 35.3 Å². The molecule has 0 radical (unpaired) electrons. The highest BCUT2D eigenvalue weighted by Gasteiger charge is 2.38. The number of nitrogens with one attached hydrogen (secondary N) is 2. The van der Waals surface area contributed by atoms with Crippen molar-refractivity contribution in [1.29, 1.82) is 0 Å². The second kappa shape index (κ2) is 6.90. The van der Waals surface area contributed by atoms with Crippen LogP contribution in [-0.2, 0) is 15.8 Å². The van der Waals surface area contributed by atoms with E-state index in [9.17, 15) is 27.6 Å². The van der Waals surface area contributed by atoms with Crippen LogP contribution in [0.5, 0.6) is 0 Å². The second-order valence-electron chi connectivity index (χ2n) is 5.34. The summed E-state index contributed by atoms with van der Waals surface area (Å²) in [5, 5.41) is 4.72. The zero-order chi connectivity index (χ0) is 17.9. The van der Waals surface area contributed by atoms with Crippen LogP contribution in [0.3, 0.4) is 0 Å². The molecule has 1 aromatic rings. The van der Waals surface area contributed by atoms with Crippen LogP contribution in [0, 0.1) is 0 Å². The number of imide groups is 1. The van der Waals surface area contributed by atoms with E-state index in [-0.39, 0.29) is 5.69 Å². The quantitative estimate of drug-likeness (QED) is 0.806. The summed E-state index contributed by atoms with van der Waals surface area (Å²) in [6, 6.07) is 2.76. The van der Waals surface area contributed by atoms with Gasteiger partial charge in [0.05, 0.1) is 5.56 Å². The molecule has 9 heteroatoms. The topological polar surface area (TPSA) is 78.5 Å². The van der Waals surface area contributed by atoms with Crippen LogP contribution in [0.25, 0.3) is 0 Å². The third kappa shape index (κ3) is 4.03. The van der Waals surface area contributed by atoms with Crippen molar-refractivity contribution in [3.8, 4) is 0 Å². The molecule has 24 heavy (non-hydrogen) atoms. The van der Waals surface area contributed by atoms with Gasteiger partial charge in [-0.25, -0.2) is 4.79 Å². The molecule has 1 fully saturated rings. The number of halogens is 3. The number of amides is 4. The lowest BCUT2D eigenvalue weighted by Crippen LogP contribution is -2.38. The van der Waals surface area contributed by atoms with Crippen LogP contribution in [0.1, 0.15) is 25.3 Å². The molecular weight excluding hydrogens is 327 g/mol. The molecule has 1 aromatic carbocycles. The fourth-order valence-corrected chi connectivity index (χ4v) is 2.33. The van der Waals surface area contributed by atoms with Crippen LogP contribution in [0.15, 0.2) is 24.3 Å². The minimum atomic E-state index is -4.53. The predicted octanol–water partition coefficient (Wildman–Crippen LogP) is 2.36. The summed E-state index contributed by atoms with van der Waals surface area (Å²) in [4.78, 5) is 36.4. The third-order valence-electron chi connectivity index (χ3n) is 3.46. The first-order valence-electron chi connectivity index (χ1n) is 7.31. The van der Waals surface area contributed by atoms with Crippen LogP contribution >= 0.6 is 0 Å². The second-order valence-corrected chi connectivity index (χ2v) is 5.34. The molecule has 0 aromatic heterocycles. The average Bonchev–Trinajstić information content (AvgIpc) is 2.75. The Kier molecular flexibility index (Phi) is 5.10. The highest BCUT2D eigenvalue weighted by molar-refractivity contribution is 6.07. The summed E-state index contributed by atoms with van der Waals surface area (Å²) in [6.07, 6.45) is -3.39. The van der Waals surface area contributed by atoms with E-state index < -0.39 is 42.2 Å². The van der Waals surface area contributed by atoms with Gasteiger partial charge in [0, 0.05) is 5.69 Å². The minimum absolute atomic E-state index is 0.0630. The lowest BCUT2D eigenvalue weighted by atomic mass is 10.1. The van der Waals surface area contributed by atoms with Crippen molar-refractivity contribution in [2.24, 2.45) is 0 Å². The molecule has 1 aliphatic rings. The highest BCUT2D eigenvalue weighted by atomic mass is 19.4. The molecule has 4 amide bonds. The van der Waals surface area contributed by atoms with E-state index in [4.69, 9.17) is 0 Å². The van der Waals surface area contributed by atoms with E-state index in [1.54, 1.807) is 0 Å². The normalized spacial score (nSPS) is 17.8. The van der Waals surface area contributed by atoms with Crippen molar-refractivity contribution >= 4 is 23.5 Å². The lowest BCUT2D eigenvalue weighted by molar-refractivity contribution is -0.137. The fraction of sp³-hybridized carbons (Fsp3) is 0.400. The standard InChI is InChI=1S/C15H16F3N3O3/c1-2-4-11-13(23)21(14(24)20-11)8-12(22)19-10-6-3-5-9(7-10)15(16,17)18/h3,5-7,11H,2,4,8H2,1H3,(H,19,22)(H,20,24)/t11-/m0/s1. The van der Waals surface area contributed by atoms with Gasteiger partial charge >= 0.3 is 12.2 Å². The Balaban J connectivity index is 2.01. The van der Waals surface area contributed by atoms with Gasteiger partial charge in [0.15, 0.2) is 0 Å². The number of anilines is 1. The third-order valence-corrected chi connectivity index (χ3v) is 3.46. The number of urea groups is 1. The number of nitrogens with zero attached hydrogens (tertiary/aromatic N) is 1. The molecule has 2 rings (SSSR count). The molecule has 2 N–H and O–H groups in total. The van der Waals surface area contributed by atoms with Crippen LogP contribution < -0.4 is 10.6 Å². The highest BCUT2D eigenvalue weighted by Crippen LogP contribution is 2.30. The van der Waals surface area contributed by atoms with Gasteiger partial charge in [0.25, 0.3) is 5.91 Å². The lowest BCUT2D eigenvalue weighted by Gasteiger charge is -2.14. The SMILES string of the molecule is CCC[C@@H]1NC(=O)N(CC(=O)Nc2cccc(C(F)(F)F)c2)C1=O. The van der Waals surface area contributed by atoms with Crippen molar-refractivity contribution in [2.45, 2.75) is 32.0 Å². The number of hydrogen-bond donors (Lipinski definition) is 2. The number of carbonyl (C=O) groups is 3. The maximum Gasteiger partial charge on any atom is 0.416 e. The molecule has 130 valence electrons. The van der Waals surface area contributed by atoms with Gasteiger partial charge in [0.1, 0.15) is 12.6 Å². The van der Waals surface area contributed by atoms with Gasteiger partial charge < -0.3 is 10.6 Å². The molecule has 0 saturated carbocycles. The van der Waals surface area contributed by atoms with Crippen LogP contribution in [0.4, 0.5) is 23.7 Å². The molecule has 1 heterocycles. The Labute approximate surface area is 136 Å². The summed E-state index contributed by atoms with van der Waals surface area (Å²) >= 11 is 0. The maximum atomic E-state index is 12.6. The first kappa shape index (κ1) is 17.8. The number of carbonyl (C=O) groups excluding carboxylic acids is 3. The molecule has 0 aliphatic carbocycles. The number of hydrogen-bond acceptors (Lipinski definition) is 3. The number of alkyl halides is 3. The van der Waals surface area contributed by atoms with Crippen molar-refractivity contribution in [2.75, 3.05) is 11.9 Å². The molecule has 0 bridgehead atoms. The molecule has 0 spiro atoms. The van der Waals surface area contributed by atoms with E-state index in [0.29, 0.717) is 12.8 Å². The summed E-state index contributed by atoms with van der Waals surface area (Å²) in [6.45, 7) is 1.30. The minimum Gasteiger partial charge on any atom is -0.326 e. The Hall–Kier alpha value is -2.58. The van der Waals surface area contributed by atoms with E-state index in [0.717, 1.165) is 23.1 Å². The van der Waals surface area contributed by atoms with Crippen molar-refractivity contribution in [3.63, 3.8) is 0 Å². The molecule has 1 saturated heterocycles. The number of rotatable bonds is 5. The summed E-state index contributed by atoms with van der Waals surface area (Å²) in [5.74, 6) is -1.27. The Morgan fingerprint density at radius 2 is 2.04 bits per heavy atom. The molecule has 0 unspecified atom stereocenters. The Morgan fingerprint density at radius 1 is 1.33 bits per heavy atom. The van der Waals surface area contributed by atoms with Crippen LogP contribution in [0.2, 0.25) is 0 Å². The van der Waals surface area contributed by atoms with Gasteiger partial charge in [-0.1, -0.05) is 19.4 Å². The zero-order valence-electron chi connectivity index (χ0n) is 12.8. The summed E-state index contributed by atoms with van der Waals surface area (Å²) < 4.78 is 37.9. The van der Waals surface area contributed by atoms with E-state index in [1.807, 2.05) is 6.92 Å². The smallest absolute Gasteiger partial charge is 0.326 e. The van der Waals surface area contributed by atoms with Gasteiger partial charge in [0.2, 0.25) is 5.91 Å². The zero-order valence-corrected chi connectivity index (χ0v) is 12.8. The molecular formula is C15H16F3N3O3. The average molecular weight is 343 g/mol. The van der Waals surface area contributed by atoms with Crippen molar-refractivity contribution < 1.29 is 27.6 Å². The first-order chi connectivity index (χ1) is 11.2. The van der Waals surface area contributed by atoms with Gasteiger partial charge in [-0.05, 0) is 24.6 Å². The summed E-state index contributed by atoms with van der Waals surface area (Å²) in [5.41, 5.74) is -0.967. The largest absolute Gasteiger partial charge is 0.416 e. The molecule has 1 atom stereocenters. The molecule has 1 aliphatic heterocycles. The van der Waals surface area contributed by atoms with Crippen molar-refractivity contribution in [3.05, 3.63) is 29.8 Å². The predicted molar refractivity (Wildman–Crippen MR) is 79.0 cm³/mol. The van der Waals surface area contributed by atoms with Gasteiger partial charge in [-0.3, -0.25) is 14.5 Å². The Morgan fingerprint density at radius 3 is 2.67 bits per heavy atom. The fourth-order valence-electron chi connectivity index (χ4n) is 2.33. The first-order valence-corrected chi connectivity index (χ1v) is 7.31. The van der Waals surface area contributed by atoms with Crippen molar-refractivity contribution in [1.82, 2.24) is 10.2 Å². The van der Waals surface area contributed by atoms with Gasteiger partial charge in [-0.2, -0.15) is 13.2 Å². The molecule has 6 nitrogen and oxygen atoms in total. The van der Waals surface area contributed by atoms with E-state index in [2.05, 4.69) is 10.6 Å². The monoisotopic (exact) mass is 343 g/mol. The van der Waals surface area contributed by atoms with E-state index in [1.165, 1.54) is 6.07 Å². The maximum absolute atomic E-state index is 12.6.